The first-order chi connectivity index (χ1) is 20.8. The van der Waals surface area contributed by atoms with Crippen LogP contribution in [-0.2, 0) is 0 Å². The van der Waals surface area contributed by atoms with E-state index >= 15 is 0 Å². The molecule has 1 aliphatic heterocycles. The number of para-hydroxylation sites is 5. The third-order valence-electron chi connectivity index (χ3n) is 8.82. The van der Waals surface area contributed by atoms with Gasteiger partial charge in [0.2, 0.25) is 5.78 Å². The molecule has 0 amide bonds. The molecular formula is C36H23N5S. The average molecular weight is 558 g/mol. The fourth-order valence-corrected chi connectivity index (χ4v) is 8.31. The molecule has 198 valence electrons. The molecule has 1 aliphatic rings. The maximum atomic E-state index is 5.10. The standard InChI is InChI=1S/C36H23N5S/c1-4-12-27-23(9-1)25-21-22(39-30-14-6-7-15-31(30)41-29-13-5-3-11-26(29)38-36(39)41)17-18-28(25)40(27)32-19-20-37-34-24-10-2-8-16-33(24)42-35(32)34/h1-18,20-21,32H,19H2. The molecular weight excluding hydrogens is 534 g/mol. The number of aromatic nitrogens is 4. The molecule has 0 saturated carbocycles. The van der Waals surface area contributed by atoms with Gasteiger partial charge in [0.15, 0.2) is 0 Å². The number of fused-ring (bicyclic) bond motifs is 11. The van der Waals surface area contributed by atoms with Gasteiger partial charge in [-0.25, -0.2) is 4.98 Å². The van der Waals surface area contributed by atoms with Crippen LogP contribution >= 0.6 is 11.3 Å². The fraction of sp³-hybridized carbons (Fsp3) is 0.0556. The topological polar surface area (TPSA) is 39.5 Å². The minimum absolute atomic E-state index is 0.194. The van der Waals surface area contributed by atoms with Gasteiger partial charge in [0.05, 0.1) is 38.7 Å². The SMILES string of the molecule is C1=Nc2c(sc3ccccc23)C(n2c3ccccc3c3cc(-n4c5ccccc5n5c6ccccc6nc45)ccc32)C1. The Morgan fingerprint density at radius 1 is 0.643 bits per heavy atom. The molecule has 0 radical (unpaired) electrons. The highest BCUT2D eigenvalue weighted by molar-refractivity contribution is 7.19. The first-order valence-corrected chi connectivity index (χ1v) is 15.1. The predicted octanol–water partition coefficient (Wildman–Crippen LogP) is 9.45. The van der Waals surface area contributed by atoms with E-state index in [0.717, 1.165) is 45.6 Å². The molecule has 6 heteroatoms. The summed E-state index contributed by atoms with van der Waals surface area (Å²) in [5.74, 6) is 0.930. The average Bonchev–Trinajstić information content (AvgIpc) is 3.78. The molecule has 0 saturated heterocycles. The first kappa shape index (κ1) is 22.5. The Hall–Kier alpha value is -5.20. The number of nitrogens with zero attached hydrogens (tertiary/aromatic N) is 5. The van der Waals surface area contributed by atoms with Crippen molar-refractivity contribution in [3.05, 3.63) is 120 Å². The van der Waals surface area contributed by atoms with Crippen LogP contribution in [0.2, 0.25) is 0 Å². The highest BCUT2D eigenvalue weighted by Gasteiger charge is 2.27. The summed E-state index contributed by atoms with van der Waals surface area (Å²) in [6.07, 6.45) is 2.98. The zero-order valence-corrected chi connectivity index (χ0v) is 23.3. The largest absolute Gasteiger partial charge is 0.332 e. The fourth-order valence-electron chi connectivity index (χ4n) is 7.05. The Morgan fingerprint density at radius 2 is 1.36 bits per heavy atom. The van der Waals surface area contributed by atoms with Crippen LogP contribution in [-0.4, -0.2) is 24.7 Å². The van der Waals surface area contributed by atoms with Crippen LogP contribution in [0, 0.1) is 0 Å². The summed E-state index contributed by atoms with van der Waals surface area (Å²) in [5.41, 5.74) is 9.16. The lowest BCUT2D eigenvalue weighted by molar-refractivity contribution is 0.658. The van der Waals surface area contributed by atoms with Crippen LogP contribution in [0.1, 0.15) is 17.3 Å². The van der Waals surface area contributed by atoms with E-state index in [9.17, 15) is 0 Å². The van der Waals surface area contributed by atoms with Crippen LogP contribution in [0.4, 0.5) is 5.69 Å². The number of imidazole rings is 2. The van der Waals surface area contributed by atoms with Crippen molar-refractivity contribution >= 4 is 83.0 Å². The van der Waals surface area contributed by atoms with E-state index in [1.54, 1.807) is 0 Å². The van der Waals surface area contributed by atoms with Crippen LogP contribution in [0.25, 0.3) is 65.4 Å². The third kappa shape index (κ3) is 2.86. The molecule has 5 aromatic carbocycles. The highest BCUT2D eigenvalue weighted by atomic mass is 32.1. The molecule has 0 spiro atoms. The zero-order valence-electron chi connectivity index (χ0n) is 22.5. The lowest BCUT2D eigenvalue weighted by Gasteiger charge is -2.22. The second kappa shape index (κ2) is 8.18. The molecule has 10 rings (SSSR count). The van der Waals surface area contributed by atoms with E-state index in [4.69, 9.17) is 9.98 Å². The van der Waals surface area contributed by atoms with Crippen LogP contribution in [0.5, 0.6) is 0 Å². The number of benzene rings is 5. The molecule has 5 nitrogen and oxygen atoms in total. The van der Waals surface area contributed by atoms with Crippen molar-refractivity contribution in [1.29, 1.82) is 0 Å². The Labute approximate surface area is 244 Å². The molecule has 0 N–H and O–H groups in total. The number of aliphatic imine (C=N–C) groups is 1. The number of hydrogen-bond donors (Lipinski definition) is 0. The molecule has 42 heavy (non-hydrogen) atoms. The second-order valence-electron chi connectivity index (χ2n) is 11.0. The van der Waals surface area contributed by atoms with Crippen molar-refractivity contribution in [2.45, 2.75) is 12.5 Å². The monoisotopic (exact) mass is 557 g/mol. The molecule has 0 bridgehead atoms. The third-order valence-corrected chi connectivity index (χ3v) is 10.1. The summed E-state index contributed by atoms with van der Waals surface area (Å²) in [7, 11) is 0. The Kier molecular flexibility index (Phi) is 4.38. The van der Waals surface area contributed by atoms with Crippen LogP contribution < -0.4 is 0 Å². The van der Waals surface area contributed by atoms with Gasteiger partial charge in [-0.05, 0) is 54.6 Å². The van der Waals surface area contributed by atoms with Crippen LogP contribution in [0.3, 0.4) is 0 Å². The van der Waals surface area contributed by atoms with Crippen molar-refractivity contribution in [1.82, 2.24) is 18.5 Å². The first-order valence-electron chi connectivity index (χ1n) is 14.3. The van der Waals surface area contributed by atoms with Crippen LogP contribution in [0.15, 0.2) is 120 Å². The van der Waals surface area contributed by atoms with Crippen molar-refractivity contribution in [3.63, 3.8) is 0 Å². The van der Waals surface area contributed by atoms with Crippen molar-refractivity contribution < 1.29 is 0 Å². The lowest BCUT2D eigenvalue weighted by atomic mass is 10.1. The van der Waals surface area contributed by atoms with E-state index in [0.29, 0.717) is 0 Å². The van der Waals surface area contributed by atoms with Gasteiger partial charge in [0.25, 0.3) is 0 Å². The summed E-state index contributed by atoms with van der Waals surface area (Å²) in [6.45, 7) is 0. The summed E-state index contributed by atoms with van der Waals surface area (Å²) >= 11 is 1.88. The smallest absolute Gasteiger partial charge is 0.220 e. The van der Waals surface area contributed by atoms with Crippen molar-refractivity contribution in [2.75, 3.05) is 0 Å². The zero-order chi connectivity index (χ0) is 27.4. The number of hydrogen-bond acceptors (Lipinski definition) is 3. The Bertz CT molecular complexity index is 2570. The van der Waals surface area contributed by atoms with Gasteiger partial charge in [-0.1, -0.05) is 60.7 Å². The molecule has 1 atom stereocenters. The van der Waals surface area contributed by atoms with Gasteiger partial charge in [-0.15, -0.1) is 11.3 Å². The van der Waals surface area contributed by atoms with E-state index in [2.05, 4.69) is 135 Å². The summed E-state index contributed by atoms with van der Waals surface area (Å²) in [6, 6.07) is 41.5. The van der Waals surface area contributed by atoms with Gasteiger partial charge in [-0.2, -0.15) is 0 Å². The summed E-state index contributed by atoms with van der Waals surface area (Å²) in [5, 5.41) is 3.76. The van der Waals surface area contributed by atoms with E-state index in [1.165, 1.54) is 36.8 Å². The van der Waals surface area contributed by atoms with E-state index in [1.807, 2.05) is 11.3 Å². The van der Waals surface area contributed by atoms with Crippen molar-refractivity contribution in [3.8, 4) is 5.69 Å². The maximum Gasteiger partial charge on any atom is 0.220 e. The Balaban J connectivity index is 1.26. The number of rotatable bonds is 2. The minimum atomic E-state index is 0.194. The highest BCUT2D eigenvalue weighted by Crippen LogP contribution is 2.48. The molecule has 0 fully saturated rings. The van der Waals surface area contributed by atoms with E-state index in [-0.39, 0.29) is 6.04 Å². The van der Waals surface area contributed by atoms with Gasteiger partial charge in [0, 0.05) is 50.2 Å². The summed E-state index contributed by atoms with van der Waals surface area (Å²) < 4.78 is 8.42. The molecule has 9 aromatic rings. The maximum absolute atomic E-state index is 5.10. The quantitative estimate of drug-likeness (QED) is 0.209. The van der Waals surface area contributed by atoms with Gasteiger partial charge in [0.1, 0.15) is 0 Å². The second-order valence-corrected chi connectivity index (χ2v) is 12.1. The molecule has 4 aromatic heterocycles. The molecule has 5 heterocycles. The summed E-state index contributed by atoms with van der Waals surface area (Å²) in [4.78, 5) is 11.3. The van der Waals surface area contributed by atoms with Gasteiger partial charge >= 0.3 is 0 Å². The van der Waals surface area contributed by atoms with Crippen molar-refractivity contribution in [2.24, 2.45) is 4.99 Å². The molecule has 1 unspecified atom stereocenters. The van der Waals surface area contributed by atoms with Gasteiger partial charge < -0.3 is 4.57 Å². The lowest BCUT2D eigenvalue weighted by Crippen LogP contribution is -2.12. The number of thiophene rings is 1. The van der Waals surface area contributed by atoms with Gasteiger partial charge in [-0.3, -0.25) is 14.0 Å². The normalized spacial score (nSPS) is 15.2. The predicted molar refractivity (Wildman–Crippen MR) is 175 cm³/mol. The van der Waals surface area contributed by atoms with E-state index < -0.39 is 0 Å². The Morgan fingerprint density at radius 3 is 2.26 bits per heavy atom. The molecule has 0 aliphatic carbocycles. The minimum Gasteiger partial charge on any atom is -0.332 e.